The van der Waals surface area contributed by atoms with Crippen molar-refractivity contribution in [2.75, 3.05) is 0 Å². The predicted octanol–water partition coefficient (Wildman–Crippen LogP) is 1.97. The van der Waals surface area contributed by atoms with Gasteiger partial charge in [0.2, 0.25) is 0 Å². The number of rotatable bonds is 1. The van der Waals surface area contributed by atoms with Crippen LogP contribution in [0.4, 0.5) is 0 Å². The SMILES string of the molecule is C=C(C)C1CC(O)C2(C)CC12. The summed E-state index contributed by atoms with van der Waals surface area (Å²) in [4.78, 5) is 0. The van der Waals surface area contributed by atoms with Crippen LogP contribution in [0.3, 0.4) is 0 Å². The third-order valence-corrected chi connectivity index (χ3v) is 3.70. The highest BCUT2D eigenvalue weighted by Gasteiger charge is 2.63. The lowest BCUT2D eigenvalue weighted by Gasteiger charge is -2.13. The lowest BCUT2D eigenvalue weighted by Crippen LogP contribution is -2.14. The molecule has 0 spiro atoms. The molecule has 4 atom stereocenters. The fourth-order valence-corrected chi connectivity index (χ4v) is 2.62. The Kier molecular flexibility index (Phi) is 1.26. The van der Waals surface area contributed by atoms with E-state index in [9.17, 15) is 5.11 Å². The minimum Gasteiger partial charge on any atom is -0.393 e. The van der Waals surface area contributed by atoms with Gasteiger partial charge < -0.3 is 5.11 Å². The number of hydrogen-bond donors (Lipinski definition) is 1. The first-order valence-electron chi connectivity index (χ1n) is 4.39. The van der Waals surface area contributed by atoms with Crippen LogP contribution in [0.25, 0.3) is 0 Å². The second-order valence-corrected chi connectivity index (χ2v) is 4.52. The van der Waals surface area contributed by atoms with Gasteiger partial charge in [0.25, 0.3) is 0 Å². The second kappa shape index (κ2) is 1.89. The minimum atomic E-state index is -0.0609. The second-order valence-electron chi connectivity index (χ2n) is 4.52. The average molecular weight is 152 g/mol. The van der Waals surface area contributed by atoms with Crippen molar-refractivity contribution in [1.29, 1.82) is 0 Å². The molecule has 0 heterocycles. The smallest absolute Gasteiger partial charge is 0.0602 e. The molecule has 0 aromatic rings. The first-order chi connectivity index (χ1) is 5.05. The summed E-state index contributed by atoms with van der Waals surface area (Å²) in [5.74, 6) is 1.35. The molecule has 11 heavy (non-hydrogen) atoms. The van der Waals surface area contributed by atoms with E-state index in [2.05, 4.69) is 20.4 Å². The highest BCUT2D eigenvalue weighted by Crippen LogP contribution is 2.66. The standard InChI is InChI=1S/C10H16O/c1-6(2)7-4-9(11)10(3)5-8(7)10/h7-9,11H,1,4-5H2,2-3H3. The lowest BCUT2D eigenvalue weighted by atomic mass is 9.96. The van der Waals surface area contributed by atoms with Gasteiger partial charge in [-0.1, -0.05) is 19.1 Å². The Morgan fingerprint density at radius 1 is 1.64 bits per heavy atom. The van der Waals surface area contributed by atoms with Crippen molar-refractivity contribution in [3.05, 3.63) is 12.2 Å². The Balaban J connectivity index is 2.16. The van der Waals surface area contributed by atoms with E-state index in [4.69, 9.17) is 0 Å². The van der Waals surface area contributed by atoms with Crippen LogP contribution in [0.1, 0.15) is 26.7 Å². The molecular formula is C10H16O. The topological polar surface area (TPSA) is 20.2 Å². The van der Waals surface area contributed by atoms with Crippen molar-refractivity contribution in [2.24, 2.45) is 17.3 Å². The number of allylic oxidation sites excluding steroid dienone is 1. The molecule has 0 bridgehead atoms. The summed E-state index contributed by atoms with van der Waals surface area (Å²) in [7, 11) is 0. The first kappa shape index (κ1) is 7.35. The number of aliphatic hydroxyl groups is 1. The van der Waals surface area contributed by atoms with Crippen molar-refractivity contribution in [2.45, 2.75) is 32.8 Å². The van der Waals surface area contributed by atoms with Crippen LogP contribution in [0.5, 0.6) is 0 Å². The molecule has 0 aromatic carbocycles. The molecule has 0 radical (unpaired) electrons. The van der Waals surface area contributed by atoms with E-state index < -0.39 is 0 Å². The van der Waals surface area contributed by atoms with E-state index in [1.165, 1.54) is 12.0 Å². The van der Waals surface area contributed by atoms with Crippen LogP contribution in [0.15, 0.2) is 12.2 Å². The summed E-state index contributed by atoms with van der Waals surface area (Å²) in [5.41, 5.74) is 1.53. The molecular weight excluding hydrogens is 136 g/mol. The largest absolute Gasteiger partial charge is 0.393 e. The van der Waals surface area contributed by atoms with Crippen LogP contribution < -0.4 is 0 Å². The van der Waals surface area contributed by atoms with Gasteiger partial charge in [-0.05, 0) is 37.0 Å². The molecule has 0 aromatic heterocycles. The van der Waals surface area contributed by atoms with Gasteiger partial charge in [0, 0.05) is 0 Å². The Morgan fingerprint density at radius 3 is 2.45 bits per heavy atom. The van der Waals surface area contributed by atoms with Gasteiger partial charge in [-0.3, -0.25) is 0 Å². The number of hydrogen-bond acceptors (Lipinski definition) is 1. The molecule has 0 amide bonds. The third-order valence-electron chi connectivity index (χ3n) is 3.70. The van der Waals surface area contributed by atoms with Crippen LogP contribution in [0, 0.1) is 17.3 Å². The van der Waals surface area contributed by atoms with E-state index in [-0.39, 0.29) is 11.5 Å². The quantitative estimate of drug-likeness (QED) is 0.569. The molecule has 1 N–H and O–H groups in total. The highest BCUT2D eigenvalue weighted by molar-refractivity contribution is 5.19. The maximum Gasteiger partial charge on any atom is 0.0602 e. The van der Waals surface area contributed by atoms with Gasteiger partial charge in [-0.25, -0.2) is 0 Å². The van der Waals surface area contributed by atoms with Gasteiger partial charge in [0.1, 0.15) is 0 Å². The van der Waals surface area contributed by atoms with E-state index in [1.807, 2.05) is 0 Å². The third kappa shape index (κ3) is 0.807. The molecule has 2 fully saturated rings. The summed E-state index contributed by atoms with van der Waals surface area (Å²) in [5, 5.41) is 9.68. The summed E-state index contributed by atoms with van der Waals surface area (Å²) < 4.78 is 0. The predicted molar refractivity (Wildman–Crippen MR) is 45.1 cm³/mol. The fraction of sp³-hybridized carbons (Fsp3) is 0.800. The zero-order valence-electron chi connectivity index (χ0n) is 7.30. The number of aliphatic hydroxyl groups excluding tert-OH is 1. The van der Waals surface area contributed by atoms with Gasteiger partial charge in [0.05, 0.1) is 6.10 Å². The summed E-state index contributed by atoms with van der Waals surface area (Å²) in [6, 6.07) is 0. The maximum absolute atomic E-state index is 9.68. The van der Waals surface area contributed by atoms with Gasteiger partial charge in [-0.2, -0.15) is 0 Å². The molecule has 2 saturated carbocycles. The lowest BCUT2D eigenvalue weighted by molar-refractivity contribution is 0.111. The Bertz CT molecular complexity index is 209. The highest BCUT2D eigenvalue weighted by atomic mass is 16.3. The summed E-state index contributed by atoms with van der Waals surface area (Å²) in [6.45, 7) is 8.25. The zero-order chi connectivity index (χ0) is 8.22. The van der Waals surface area contributed by atoms with Crippen molar-refractivity contribution in [3.63, 3.8) is 0 Å². The van der Waals surface area contributed by atoms with Gasteiger partial charge in [0.15, 0.2) is 0 Å². The zero-order valence-corrected chi connectivity index (χ0v) is 7.30. The molecule has 2 rings (SSSR count). The molecule has 62 valence electrons. The normalized spacial score (nSPS) is 53.9. The van der Waals surface area contributed by atoms with Crippen molar-refractivity contribution < 1.29 is 5.11 Å². The Hall–Kier alpha value is -0.300. The average Bonchev–Trinajstić information content (AvgIpc) is 2.51. The molecule has 1 heteroatoms. The first-order valence-corrected chi connectivity index (χ1v) is 4.39. The molecule has 1 nitrogen and oxygen atoms in total. The minimum absolute atomic E-state index is 0.0609. The van der Waals surface area contributed by atoms with Crippen LogP contribution in [0.2, 0.25) is 0 Å². The van der Waals surface area contributed by atoms with Crippen LogP contribution in [-0.4, -0.2) is 11.2 Å². The fourth-order valence-electron chi connectivity index (χ4n) is 2.62. The maximum atomic E-state index is 9.68. The Labute approximate surface area is 68.1 Å². The van der Waals surface area contributed by atoms with E-state index >= 15 is 0 Å². The van der Waals surface area contributed by atoms with Crippen LogP contribution >= 0.6 is 0 Å². The molecule has 0 aliphatic heterocycles. The molecule has 0 saturated heterocycles. The van der Waals surface area contributed by atoms with E-state index in [0.29, 0.717) is 5.92 Å². The van der Waals surface area contributed by atoms with Crippen LogP contribution in [-0.2, 0) is 0 Å². The monoisotopic (exact) mass is 152 g/mol. The van der Waals surface area contributed by atoms with E-state index in [1.54, 1.807) is 0 Å². The summed E-state index contributed by atoms with van der Waals surface area (Å²) in [6.07, 6.45) is 2.11. The van der Waals surface area contributed by atoms with E-state index in [0.717, 1.165) is 12.3 Å². The summed E-state index contributed by atoms with van der Waals surface area (Å²) >= 11 is 0. The molecule has 2 aliphatic rings. The number of fused-ring (bicyclic) bond motifs is 1. The van der Waals surface area contributed by atoms with Crippen molar-refractivity contribution in [3.8, 4) is 0 Å². The van der Waals surface area contributed by atoms with Crippen molar-refractivity contribution >= 4 is 0 Å². The Morgan fingerprint density at radius 2 is 2.27 bits per heavy atom. The van der Waals surface area contributed by atoms with Gasteiger partial charge in [-0.15, -0.1) is 0 Å². The van der Waals surface area contributed by atoms with Crippen molar-refractivity contribution in [1.82, 2.24) is 0 Å². The molecule has 2 aliphatic carbocycles. The molecule has 4 unspecified atom stereocenters. The van der Waals surface area contributed by atoms with Gasteiger partial charge >= 0.3 is 0 Å².